The molecule has 0 saturated carbocycles. The highest BCUT2D eigenvalue weighted by Gasteiger charge is 2.46. The van der Waals surface area contributed by atoms with Crippen molar-refractivity contribution in [2.75, 3.05) is 13.1 Å². The van der Waals surface area contributed by atoms with Gasteiger partial charge in [0.05, 0.1) is 11.2 Å². The van der Waals surface area contributed by atoms with Gasteiger partial charge in [-0.05, 0) is 46.2 Å². The van der Waals surface area contributed by atoms with Crippen LogP contribution in [0.3, 0.4) is 0 Å². The molecule has 1 aromatic carbocycles. The summed E-state index contributed by atoms with van der Waals surface area (Å²) in [5.74, 6) is -2.68. The summed E-state index contributed by atoms with van der Waals surface area (Å²) in [4.78, 5) is 1.51. The second kappa shape index (κ2) is 6.85. The van der Waals surface area contributed by atoms with Gasteiger partial charge in [-0.3, -0.25) is 0 Å². The molecule has 23 heavy (non-hydrogen) atoms. The third-order valence-corrected chi connectivity index (χ3v) is 3.70. The molecule has 1 aliphatic heterocycles. The first kappa shape index (κ1) is 20.0. The van der Waals surface area contributed by atoms with Crippen molar-refractivity contribution in [2.24, 2.45) is 0 Å². The van der Waals surface area contributed by atoms with Gasteiger partial charge in [0.2, 0.25) is 0 Å². The number of hydrogen-bond donors (Lipinski definition) is 2. The minimum absolute atomic E-state index is 0.124. The lowest BCUT2D eigenvalue weighted by molar-refractivity contribution is -0.321. The largest absolute Gasteiger partial charge is 0.367 e. The fourth-order valence-electron chi connectivity index (χ4n) is 2.99. The van der Waals surface area contributed by atoms with E-state index in [-0.39, 0.29) is 5.56 Å². The van der Waals surface area contributed by atoms with Gasteiger partial charge < -0.3 is 14.9 Å². The van der Waals surface area contributed by atoms with Crippen molar-refractivity contribution in [3.8, 4) is 0 Å². The van der Waals surface area contributed by atoms with E-state index in [2.05, 4.69) is 0 Å². The molecule has 0 spiro atoms. The first-order valence-corrected chi connectivity index (χ1v) is 8.10. The molecule has 1 fully saturated rings. The SMILES string of the molecule is CC.Cc1ccc(C(O)(O)N2CC(C)(C)OC(C)(C)C2)cc1F. The van der Waals surface area contributed by atoms with Crippen molar-refractivity contribution in [2.45, 2.75) is 65.6 Å². The van der Waals surface area contributed by atoms with Crippen LogP contribution in [0.15, 0.2) is 18.2 Å². The molecular weight excluding hydrogens is 297 g/mol. The van der Waals surface area contributed by atoms with E-state index >= 15 is 0 Å². The van der Waals surface area contributed by atoms with Crippen LogP contribution in [0.4, 0.5) is 4.39 Å². The first-order chi connectivity index (χ1) is 10.4. The lowest BCUT2D eigenvalue weighted by atomic mass is 9.96. The van der Waals surface area contributed by atoms with Crippen LogP contribution in [0.25, 0.3) is 0 Å². The molecule has 0 aromatic heterocycles. The maximum absolute atomic E-state index is 13.7. The van der Waals surface area contributed by atoms with Crippen molar-refractivity contribution in [3.05, 3.63) is 35.1 Å². The topological polar surface area (TPSA) is 52.9 Å². The number of halogens is 1. The van der Waals surface area contributed by atoms with E-state index in [0.29, 0.717) is 18.7 Å². The molecule has 0 bridgehead atoms. The molecule has 1 aromatic rings. The summed E-state index contributed by atoms with van der Waals surface area (Å²) in [6.45, 7) is 13.9. The third-order valence-electron chi connectivity index (χ3n) is 3.70. The Morgan fingerprint density at radius 3 is 2.00 bits per heavy atom. The van der Waals surface area contributed by atoms with Gasteiger partial charge in [-0.15, -0.1) is 0 Å². The zero-order chi connectivity index (χ0) is 18.1. The lowest BCUT2D eigenvalue weighted by Crippen LogP contribution is -2.63. The number of hydrogen-bond acceptors (Lipinski definition) is 4. The van der Waals surface area contributed by atoms with E-state index in [1.807, 2.05) is 41.5 Å². The van der Waals surface area contributed by atoms with Crippen LogP contribution < -0.4 is 0 Å². The lowest BCUT2D eigenvalue weighted by Gasteiger charge is -2.50. The Balaban J connectivity index is 0.00000127. The highest BCUT2D eigenvalue weighted by atomic mass is 19.1. The Kier molecular flexibility index (Phi) is 5.97. The summed E-state index contributed by atoms with van der Waals surface area (Å²) in [6.07, 6.45) is 0. The van der Waals surface area contributed by atoms with Gasteiger partial charge in [0.1, 0.15) is 5.82 Å². The maximum Gasteiger partial charge on any atom is 0.253 e. The molecule has 5 heteroatoms. The van der Waals surface area contributed by atoms with E-state index in [1.54, 1.807) is 13.0 Å². The van der Waals surface area contributed by atoms with E-state index in [0.717, 1.165) is 0 Å². The fraction of sp³-hybridized carbons (Fsp3) is 0.667. The second-order valence-corrected chi connectivity index (χ2v) is 7.08. The molecule has 0 radical (unpaired) electrons. The fourth-order valence-corrected chi connectivity index (χ4v) is 2.99. The molecule has 0 aliphatic carbocycles. The predicted molar refractivity (Wildman–Crippen MR) is 89.4 cm³/mol. The number of benzene rings is 1. The molecule has 1 saturated heterocycles. The standard InChI is InChI=1S/C16H24FNO3.C2H6/c1-11-6-7-12(8-13(11)17)16(19,20)18-9-14(2,3)21-15(4,5)10-18;1-2/h6-8,19-20H,9-10H2,1-5H3;1-2H3. The van der Waals surface area contributed by atoms with Crippen LogP contribution in [-0.2, 0) is 10.6 Å². The molecule has 0 atom stereocenters. The van der Waals surface area contributed by atoms with Crippen molar-refractivity contribution in [3.63, 3.8) is 0 Å². The van der Waals surface area contributed by atoms with Crippen molar-refractivity contribution >= 4 is 0 Å². The Hall–Kier alpha value is -1.01. The number of nitrogens with zero attached hydrogens (tertiary/aromatic N) is 1. The van der Waals surface area contributed by atoms with Crippen LogP contribution in [0.5, 0.6) is 0 Å². The molecule has 0 amide bonds. The molecule has 1 heterocycles. The van der Waals surface area contributed by atoms with E-state index < -0.39 is 22.9 Å². The summed E-state index contributed by atoms with van der Waals surface area (Å²) in [5.41, 5.74) is -0.458. The molecule has 4 nitrogen and oxygen atoms in total. The highest BCUT2D eigenvalue weighted by Crippen LogP contribution is 2.34. The third kappa shape index (κ3) is 4.73. The zero-order valence-corrected chi connectivity index (χ0v) is 15.3. The average Bonchev–Trinajstić information content (AvgIpc) is 2.40. The summed E-state index contributed by atoms with van der Waals surface area (Å²) in [6, 6.07) is 4.25. The van der Waals surface area contributed by atoms with Gasteiger partial charge in [0.15, 0.2) is 0 Å². The summed E-state index contributed by atoms with van der Waals surface area (Å²) in [7, 11) is 0. The van der Waals surface area contributed by atoms with Gasteiger partial charge in [-0.2, -0.15) is 0 Å². The van der Waals surface area contributed by atoms with Gasteiger partial charge >= 0.3 is 0 Å². The van der Waals surface area contributed by atoms with Crippen LogP contribution in [-0.4, -0.2) is 39.4 Å². The number of aliphatic hydroxyl groups is 2. The normalized spacial score (nSPS) is 20.6. The van der Waals surface area contributed by atoms with Crippen molar-refractivity contribution in [1.29, 1.82) is 0 Å². The first-order valence-electron chi connectivity index (χ1n) is 8.10. The second-order valence-electron chi connectivity index (χ2n) is 7.08. The van der Waals surface area contributed by atoms with E-state index in [9.17, 15) is 14.6 Å². The zero-order valence-electron chi connectivity index (χ0n) is 15.3. The Morgan fingerprint density at radius 2 is 1.57 bits per heavy atom. The minimum Gasteiger partial charge on any atom is -0.367 e. The van der Waals surface area contributed by atoms with Crippen LogP contribution in [0, 0.1) is 12.7 Å². The maximum atomic E-state index is 13.7. The summed E-state index contributed by atoms with van der Waals surface area (Å²) in [5, 5.41) is 21.1. The smallest absolute Gasteiger partial charge is 0.253 e. The number of ether oxygens (including phenoxy) is 1. The van der Waals surface area contributed by atoms with E-state index in [1.165, 1.54) is 17.0 Å². The quantitative estimate of drug-likeness (QED) is 0.820. The molecular formula is C18H30FNO3. The van der Waals surface area contributed by atoms with Crippen LogP contribution in [0.2, 0.25) is 0 Å². The Bertz CT molecular complexity index is 525. The predicted octanol–water partition coefficient (Wildman–Crippen LogP) is 3.14. The van der Waals surface area contributed by atoms with Gasteiger partial charge in [-0.1, -0.05) is 26.0 Å². The minimum atomic E-state index is -2.23. The Morgan fingerprint density at radius 1 is 1.09 bits per heavy atom. The van der Waals surface area contributed by atoms with Crippen molar-refractivity contribution in [1.82, 2.24) is 4.90 Å². The average molecular weight is 327 g/mol. The number of rotatable bonds is 2. The summed E-state index contributed by atoms with van der Waals surface area (Å²) >= 11 is 0. The monoisotopic (exact) mass is 327 g/mol. The summed E-state index contributed by atoms with van der Waals surface area (Å²) < 4.78 is 19.6. The van der Waals surface area contributed by atoms with Gasteiger partial charge in [-0.25, -0.2) is 9.29 Å². The van der Waals surface area contributed by atoms with Crippen LogP contribution >= 0.6 is 0 Å². The molecule has 2 N–H and O–H groups in total. The van der Waals surface area contributed by atoms with Gasteiger partial charge in [0.25, 0.3) is 5.91 Å². The molecule has 2 rings (SSSR count). The molecule has 0 unspecified atom stereocenters. The van der Waals surface area contributed by atoms with Crippen molar-refractivity contribution < 1.29 is 19.3 Å². The highest BCUT2D eigenvalue weighted by molar-refractivity contribution is 5.26. The van der Waals surface area contributed by atoms with Gasteiger partial charge in [0, 0.05) is 18.7 Å². The molecule has 1 aliphatic rings. The van der Waals surface area contributed by atoms with E-state index in [4.69, 9.17) is 4.74 Å². The molecule has 132 valence electrons. The van der Waals surface area contributed by atoms with Crippen LogP contribution in [0.1, 0.15) is 52.7 Å². The number of morpholine rings is 1. The Labute approximate surface area is 138 Å². The number of aryl methyl sites for hydroxylation is 1.